The first-order valence-corrected chi connectivity index (χ1v) is 10.6. The molecule has 3 aliphatic rings. The van der Waals surface area contributed by atoms with E-state index >= 15 is 0 Å². The molecule has 0 aromatic heterocycles. The summed E-state index contributed by atoms with van der Waals surface area (Å²) < 4.78 is 25.7. The molecule has 4 amide bonds. The van der Waals surface area contributed by atoms with E-state index in [0.717, 1.165) is 18.2 Å². The van der Waals surface area contributed by atoms with E-state index in [1.54, 1.807) is 0 Å². The van der Waals surface area contributed by atoms with Crippen LogP contribution in [-0.2, 0) is 29.2 Å². The van der Waals surface area contributed by atoms with Gasteiger partial charge in [0, 0.05) is 12.6 Å². The predicted molar refractivity (Wildman–Crippen MR) is 101 cm³/mol. The van der Waals surface area contributed by atoms with Gasteiger partial charge >= 0.3 is 0 Å². The van der Waals surface area contributed by atoms with Crippen LogP contribution in [0.4, 0.5) is 5.69 Å². The molecule has 0 radical (unpaired) electrons. The third-order valence-electron chi connectivity index (χ3n) is 5.59. The summed E-state index contributed by atoms with van der Waals surface area (Å²) >= 11 is 0. The van der Waals surface area contributed by atoms with E-state index in [1.165, 1.54) is 24.3 Å². The second-order valence-corrected chi connectivity index (χ2v) is 9.18. The van der Waals surface area contributed by atoms with Gasteiger partial charge in [-0.15, -0.1) is 0 Å². The lowest BCUT2D eigenvalue weighted by Crippen LogP contribution is -2.39. The van der Waals surface area contributed by atoms with Gasteiger partial charge in [-0.25, -0.2) is 13.1 Å². The van der Waals surface area contributed by atoms with Crippen molar-refractivity contribution in [3.05, 3.63) is 36.4 Å². The molecule has 29 heavy (non-hydrogen) atoms. The number of rotatable bonds is 5. The lowest BCUT2D eigenvalue weighted by Gasteiger charge is -2.17. The highest BCUT2D eigenvalue weighted by Gasteiger charge is 2.59. The topological polar surface area (TPSA) is 130 Å². The molecule has 9 nitrogen and oxygen atoms in total. The van der Waals surface area contributed by atoms with Crippen molar-refractivity contribution in [2.45, 2.75) is 18.2 Å². The first kappa shape index (κ1) is 19.3. The second-order valence-electron chi connectivity index (χ2n) is 7.50. The third-order valence-corrected chi connectivity index (χ3v) is 7.04. The summed E-state index contributed by atoms with van der Waals surface area (Å²) in [5.41, 5.74) is 0.304. The third kappa shape index (κ3) is 3.33. The fraction of sp³-hybridized carbons (Fsp3) is 0.368. The van der Waals surface area contributed by atoms with E-state index in [4.69, 9.17) is 0 Å². The van der Waals surface area contributed by atoms with Crippen molar-refractivity contribution in [1.82, 2.24) is 9.62 Å². The Balaban J connectivity index is 1.40. The molecule has 4 atom stereocenters. The van der Waals surface area contributed by atoms with Crippen LogP contribution in [0.5, 0.6) is 0 Å². The second kappa shape index (κ2) is 6.80. The molecule has 1 heterocycles. The van der Waals surface area contributed by atoms with Crippen molar-refractivity contribution in [1.29, 1.82) is 0 Å². The number of carbonyl (C=O) groups is 4. The standard InChI is InChI=1S/C19H19N3O6S/c1-10(23)21-29(27,28)14-6-4-13(5-7-14)20-15(24)9-22-18(25)16-11-2-3-12(8-11)17(16)19(22)26/h2-7,11-12,16-17H,8-9H2,1H3,(H,20,24)(H,21,23)/t11-,12-,16+,17+/m0/s1. The lowest BCUT2D eigenvalue weighted by molar-refractivity contribution is -0.143. The van der Waals surface area contributed by atoms with Crippen LogP contribution in [0.2, 0.25) is 0 Å². The Bertz CT molecular complexity index is 1020. The first-order chi connectivity index (χ1) is 13.7. The Kier molecular flexibility index (Phi) is 4.53. The molecule has 1 aromatic rings. The molecule has 2 aliphatic carbocycles. The minimum absolute atomic E-state index is 0.0765. The van der Waals surface area contributed by atoms with Gasteiger partial charge in [0.1, 0.15) is 6.54 Å². The maximum Gasteiger partial charge on any atom is 0.264 e. The maximum absolute atomic E-state index is 12.6. The van der Waals surface area contributed by atoms with Crippen LogP contribution in [0.3, 0.4) is 0 Å². The van der Waals surface area contributed by atoms with Crippen LogP contribution in [0, 0.1) is 23.7 Å². The molecule has 1 saturated carbocycles. The Hall–Kier alpha value is -3.01. The maximum atomic E-state index is 12.6. The minimum atomic E-state index is -3.97. The molecule has 0 unspecified atom stereocenters. The Labute approximate surface area is 167 Å². The van der Waals surface area contributed by atoms with Gasteiger partial charge in [0.25, 0.3) is 10.0 Å². The Morgan fingerprint density at radius 2 is 1.59 bits per heavy atom. The monoisotopic (exact) mass is 417 g/mol. The lowest BCUT2D eigenvalue weighted by atomic mass is 9.85. The van der Waals surface area contributed by atoms with Crippen molar-refractivity contribution < 1.29 is 27.6 Å². The smallest absolute Gasteiger partial charge is 0.264 e. The highest BCUT2D eigenvalue weighted by atomic mass is 32.2. The van der Waals surface area contributed by atoms with Crippen LogP contribution >= 0.6 is 0 Å². The van der Waals surface area contributed by atoms with Gasteiger partial charge in [-0.05, 0) is 42.5 Å². The summed E-state index contributed by atoms with van der Waals surface area (Å²) in [4.78, 5) is 49.4. The van der Waals surface area contributed by atoms with E-state index < -0.39 is 21.8 Å². The highest BCUT2D eigenvalue weighted by Crippen LogP contribution is 2.52. The van der Waals surface area contributed by atoms with Gasteiger partial charge in [-0.3, -0.25) is 24.1 Å². The first-order valence-electron chi connectivity index (χ1n) is 9.14. The van der Waals surface area contributed by atoms with Crippen molar-refractivity contribution in [2.75, 3.05) is 11.9 Å². The normalized spacial score (nSPS) is 27.3. The fourth-order valence-electron chi connectivity index (χ4n) is 4.43. The number of benzene rings is 1. The largest absolute Gasteiger partial charge is 0.325 e. The summed E-state index contributed by atoms with van der Waals surface area (Å²) in [5.74, 6) is -2.43. The average molecular weight is 417 g/mol. The van der Waals surface area contributed by atoms with Crippen molar-refractivity contribution in [3.8, 4) is 0 Å². The molecule has 0 spiro atoms. The summed E-state index contributed by atoms with van der Waals surface area (Å²) in [6.07, 6.45) is 4.79. The number of fused-ring (bicyclic) bond motifs is 5. The summed E-state index contributed by atoms with van der Waals surface area (Å²) in [6.45, 7) is 0.707. The number of imide groups is 1. The van der Waals surface area contributed by atoms with Crippen LogP contribution in [-0.4, -0.2) is 43.5 Å². The average Bonchev–Trinajstić information content (AvgIpc) is 3.31. The number of hydrogen-bond acceptors (Lipinski definition) is 6. The van der Waals surface area contributed by atoms with E-state index in [-0.39, 0.29) is 46.9 Å². The molecule has 1 saturated heterocycles. The number of allylic oxidation sites excluding steroid dienone is 2. The van der Waals surface area contributed by atoms with E-state index in [0.29, 0.717) is 5.69 Å². The van der Waals surface area contributed by atoms with Gasteiger partial charge in [-0.2, -0.15) is 0 Å². The van der Waals surface area contributed by atoms with Crippen molar-refractivity contribution in [2.24, 2.45) is 23.7 Å². The zero-order chi connectivity index (χ0) is 20.9. The number of amides is 4. The van der Waals surface area contributed by atoms with E-state index in [9.17, 15) is 27.6 Å². The molecular weight excluding hydrogens is 398 g/mol. The highest BCUT2D eigenvalue weighted by molar-refractivity contribution is 7.90. The fourth-order valence-corrected chi connectivity index (χ4v) is 5.42. The number of likely N-dealkylation sites (tertiary alicyclic amines) is 1. The summed E-state index contributed by atoms with van der Waals surface area (Å²) in [5, 5.41) is 2.55. The molecule has 1 aliphatic heterocycles. The van der Waals surface area contributed by atoms with E-state index in [1.807, 2.05) is 16.9 Å². The zero-order valence-corrected chi connectivity index (χ0v) is 16.3. The molecular formula is C19H19N3O6S. The Morgan fingerprint density at radius 1 is 1.03 bits per heavy atom. The number of nitrogens with zero attached hydrogens (tertiary/aromatic N) is 1. The van der Waals surface area contributed by atoms with Gasteiger partial charge < -0.3 is 5.32 Å². The summed E-state index contributed by atoms with van der Waals surface area (Å²) in [7, 11) is -3.97. The minimum Gasteiger partial charge on any atom is -0.325 e. The number of hydrogen-bond donors (Lipinski definition) is 2. The number of anilines is 1. The molecule has 2 bridgehead atoms. The van der Waals surface area contributed by atoms with Gasteiger partial charge in [0.2, 0.25) is 23.6 Å². The van der Waals surface area contributed by atoms with E-state index in [2.05, 4.69) is 5.32 Å². The molecule has 2 N–H and O–H groups in total. The van der Waals surface area contributed by atoms with Gasteiger partial charge in [0.05, 0.1) is 16.7 Å². The predicted octanol–water partition coefficient (Wildman–Crippen LogP) is 0.257. The zero-order valence-electron chi connectivity index (χ0n) is 15.5. The number of sulfonamides is 1. The molecule has 152 valence electrons. The van der Waals surface area contributed by atoms with Gasteiger partial charge in [-0.1, -0.05) is 12.2 Å². The molecule has 1 aromatic carbocycles. The quantitative estimate of drug-likeness (QED) is 0.522. The van der Waals surface area contributed by atoms with Crippen molar-refractivity contribution >= 4 is 39.3 Å². The molecule has 4 rings (SSSR count). The summed E-state index contributed by atoms with van der Waals surface area (Å²) in [6, 6.07) is 5.19. The Morgan fingerprint density at radius 3 is 2.10 bits per heavy atom. The molecule has 2 fully saturated rings. The number of carbonyl (C=O) groups excluding carboxylic acids is 4. The van der Waals surface area contributed by atoms with Gasteiger partial charge in [0.15, 0.2) is 0 Å². The van der Waals surface area contributed by atoms with Crippen LogP contribution in [0.25, 0.3) is 0 Å². The SMILES string of the molecule is CC(=O)NS(=O)(=O)c1ccc(NC(=O)CN2C(=O)[C@H]3[C@H](C2=O)[C@H]2C=C[C@H]3C2)cc1. The van der Waals surface area contributed by atoms with Crippen LogP contribution in [0.15, 0.2) is 41.3 Å². The van der Waals surface area contributed by atoms with Crippen LogP contribution in [0.1, 0.15) is 13.3 Å². The molecule has 10 heteroatoms. The van der Waals surface area contributed by atoms with Crippen LogP contribution < -0.4 is 10.0 Å². The van der Waals surface area contributed by atoms with Crippen molar-refractivity contribution in [3.63, 3.8) is 0 Å². The number of nitrogens with one attached hydrogen (secondary N) is 2.